The minimum absolute atomic E-state index is 0.703. The van der Waals surface area contributed by atoms with E-state index in [9.17, 15) is 0 Å². The summed E-state index contributed by atoms with van der Waals surface area (Å²) in [5, 5.41) is 1.35. The van der Waals surface area contributed by atoms with E-state index in [-0.39, 0.29) is 0 Å². The van der Waals surface area contributed by atoms with Crippen LogP contribution in [0.25, 0.3) is 10.9 Å². The van der Waals surface area contributed by atoms with Gasteiger partial charge < -0.3 is 10.7 Å². The molecule has 1 heterocycles. The minimum atomic E-state index is 0.703. The molecule has 0 bridgehead atoms. The number of nitrogens with two attached hydrogens (primary N) is 1. The van der Waals surface area contributed by atoms with Gasteiger partial charge in [0.2, 0.25) is 0 Å². The second kappa shape index (κ2) is 3.84. The van der Waals surface area contributed by atoms with Crippen molar-refractivity contribution in [3.8, 4) is 0 Å². The Balaban J connectivity index is 2.52. The molecule has 14 heavy (non-hydrogen) atoms. The Bertz CT molecular complexity index is 429. The zero-order valence-electron chi connectivity index (χ0n) is 8.51. The number of fused-ring (bicyclic) bond motifs is 1. The van der Waals surface area contributed by atoms with Gasteiger partial charge in [-0.1, -0.05) is 19.1 Å². The van der Waals surface area contributed by atoms with E-state index in [4.69, 9.17) is 5.73 Å². The van der Waals surface area contributed by atoms with Gasteiger partial charge in [-0.3, -0.25) is 0 Å². The molecule has 2 rings (SSSR count). The monoisotopic (exact) mass is 188 g/mol. The van der Waals surface area contributed by atoms with Crippen molar-refractivity contribution >= 4 is 10.9 Å². The molecule has 0 aliphatic rings. The predicted molar refractivity (Wildman–Crippen MR) is 60.4 cm³/mol. The molecule has 74 valence electrons. The Labute approximate surface area is 84.1 Å². The van der Waals surface area contributed by atoms with Crippen molar-refractivity contribution in [2.45, 2.75) is 19.8 Å². The Morgan fingerprint density at radius 1 is 1.36 bits per heavy atom. The summed E-state index contributed by atoms with van der Waals surface area (Å²) in [5.41, 5.74) is 9.41. The molecule has 0 aliphatic carbocycles. The average Bonchev–Trinajstić information content (AvgIpc) is 2.60. The Morgan fingerprint density at radius 3 is 2.93 bits per heavy atom. The highest BCUT2D eigenvalue weighted by molar-refractivity contribution is 5.83. The van der Waals surface area contributed by atoms with Crippen LogP contribution in [0.15, 0.2) is 24.3 Å². The lowest BCUT2D eigenvalue weighted by Gasteiger charge is -1.96. The van der Waals surface area contributed by atoms with E-state index in [1.165, 1.54) is 22.2 Å². The van der Waals surface area contributed by atoms with Gasteiger partial charge in [-0.05, 0) is 37.1 Å². The van der Waals surface area contributed by atoms with Crippen LogP contribution in [-0.2, 0) is 12.8 Å². The van der Waals surface area contributed by atoms with E-state index in [1.807, 2.05) is 0 Å². The third-order valence-electron chi connectivity index (χ3n) is 2.60. The SMILES string of the molecule is CCc1cccc2[nH]c(CCN)cc12. The molecule has 0 saturated heterocycles. The molecule has 0 radical (unpaired) electrons. The Kier molecular flexibility index (Phi) is 2.55. The summed E-state index contributed by atoms with van der Waals surface area (Å²) in [5.74, 6) is 0. The number of hydrogen-bond acceptors (Lipinski definition) is 1. The first-order valence-corrected chi connectivity index (χ1v) is 5.14. The zero-order chi connectivity index (χ0) is 9.97. The first-order valence-electron chi connectivity index (χ1n) is 5.14. The van der Waals surface area contributed by atoms with E-state index in [1.54, 1.807) is 0 Å². The molecule has 0 spiro atoms. The van der Waals surface area contributed by atoms with Gasteiger partial charge in [0.05, 0.1) is 0 Å². The van der Waals surface area contributed by atoms with Crippen molar-refractivity contribution < 1.29 is 0 Å². The largest absolute Gasteiger partial charge is 0.358 e. The summed E-state index contributed by atoms with van der Waals surface area (Å²) in [7, 11) is 0. The van der Waals surface area contributed by atoms with Crippen LogP contribution in [0.2, 0.25) is 0 Å². The molecule has 0 atom stereocenters. The topological polar surface area (TPSA) is 41.8 Å². The number of aryl methyl sites for hydroxylation is 1. The highest BCUT2D eigenvalue weighted by atomic mass is 14.7. The predicted octanol–water partition coefficient (Wildman–Crippen LogP) is 2.23. The number of aromatic nitrogens is 1. The molecule has 0 aliphatic heterocycles. The number of benzene rings is 1. The van der Waals surface area contributed by atoms with Crippen molar-refractivity contribution in [3.63, 3.8) is 0 Å². The van der Waals surface area contributed by atoms with E-state index in [0.717, 1.165) is 12.8 Å². The lowest BCUT2D eigenvalue weighted by atomic mass is 10.1. The van der Waals surface area contributed by atoms with Gasteiger partial charge in [0.1, 0.15) is 0 Å². The van der Waals surface area contributed by atoms with Crippen molar-refractivity contribution in [1.82, 2.24) is 4.98 Å². The van der Waals surface area contributed by atoms with Crippen LogP contribution < -0.4 is 5.73 Å². The lowest BCUT2D eigenvalue weighted by Crippen LogP contribution is -2.02. The molecule has 0 saturated carbocycles. The van der Waals surface area contributed by atoms with Crippen molar-refractivity contribution in [3.05, 3.63) is 35.5 Å². The van der Waals surface area contributed by atoms with Crippen LogP contribution in [-0.4, -0.2) is 11.5 Å². The van der Waals surface area contributed by atoms with Gasteiger partial charge in [-0.15, -0.1) is 0 Å². The molecule has 2 aromatic rings. The summed E-state index contributed by atoms with van der Waals surface area (Å²) in [6.45, 7) is 2.89. The highest BCUT2D eigenvalue weighted by Crippen LogP contribution is 2.20. The van der Waals surface area contributed by atoms with Crippen LogP contribution in [0.5, 0.6) is 0 Å². The lowest BCUT2D eigenvalue weighted by molar-refractivity contribution is 0.940. The molecular formula is C12H16N2. The van der Waals surface area contributed by atoms with E-state index < -0.39 is 0 Å². The number of hydrogen-bond donors (Lipinski definition) is 2. The summed E-state index contributed by atoms with van der Waals surface area (Å²) in [6.07, 6.45) is 2.01. The minimum Gasteiger partial charge on any atom is -0.358 e. The normalized spacial score (nSPS) is 11.0. The molecule has 2 heteroatoms. The zero-order valence-corrected chi connectivity index (χ0v) is 8.51. The summed E-state index contributed by atoms with van der Waals surface area (Å²) in [6, 6.07) is 8.63. The van der Waals surface area contributed by atoms with Gasteiger partial charge in [-0.25, -0.2) is 0 Å². The summed E-state index contributed by atoms with van der Waals surface area (Å²) < 4.78 is 0. The maximum Gasteiger partial charge on any atom is 0.0458 e. The van der Waals surface area contributed by atoms with Gasteiger partial charge in [-0.2, -0.15) is 0 Å². The van der Waals surface area contributed by atoms with Gasteiger partial charge in [0, 0.05) is 16.6 Å². The van der Waals surface area contributed by atoms with E-state index in [2.05, 4.69) is 36.2 Å². The first kappa shape index (κ1) is 9.28. The fraction of sp³-hybridized carbons (Fsp3) is 0.333. The molecule has 0 amide bonds. The molecule has 0 unspecified atom stereocenters. The number of rotatable bonds is 3. The van der Waals surface area contributed by atoms with Crippen LogP contribution in [0.1, 0.15) is 18.2 Å². The fourth-order valence-electron chi connectivity index (χ4n) is 1.87. The maximum absolute atomic E-state index is 5.53. The van der Waals surface area contributed by atoms with Crippen LogP contribution in [0.3, 0.4) is 0 Å². The smallest absolute Gasteiger partial charge is 0.0458 e. The van der Waals surface area contributed by atoms with E-state index >= 15 is 0 Å². The standard InChI is InChI=1S/C12H16N2/c1-2-9-4-3-5-12-11(9)8-10(14-12)6-7-13/h3-5,8,14H,2,6-7,13H2,1H3. The number of nitrogens with one attached hydrogen (secondary N) is 1. The van der Waals surface area contributed by atoms with Crippen molar-refractivity contribution in [1.29, 1.82) is 0 Å². The molecule has 2 nitrogen and oxygen atoms in total. The van der Waals surface area contributed by atoms with E-state index in [0.29, 0.717) is 6.54 Å². The second-order valence-electron chi connectivity index (χ2n) is 3.57. The van der Waals surface area contributed by atoms with Crippen LogP contribution in [0.4, 0.5) is 0 Å². The molecule has 1 aromatic carbocycles. The third kappa shape index (κ3) is 1.53. The van der Waals surface area contributed by atoms with Crippen molar-refractivity contribution in [2.24, 2.45) is 5.73 Å². The molecule has 1 aromatic heterocycles. The summed E-state index contributed by atoms with van der Waals surface area (Å²) in [4.78, 5) is 3.39. The first-order chi connectivity index (χ1) is 6.85. The highest BCUT2D eigenvalue weighted by Gasteiger charge is 2.02. The van der Waals surface area contributed by atoms with Crippen molar-refractivity contribution in [2.75, 3.05) is 6.54 Å². The molecular weight excluding hydrogens is 172 g/mol. The fourth-order valence-corrected chi connectivity index (χ4v) is 1.87. The molecule has 3 N–H and O–H groups in total. The number of H-pyrrole nitrogens is 1. The third-order valence-corrected chi connectivity index (χ3v) is 2.60. The average molecular weight is 188 g/mol. The Hall–Kier alpha value is -1.28. The molecule has 0 fully saturated rings. The van der Waals surface area contributed by atoms with Gasteiger partial charge in [0.15, 0.2) is 0 Å². The Morgan fingerprint density at radius 2 is 2.21 bits per heavy atom. The number of aromatic amines is 1. The quantitative estimate of drug-likeness (QED) is 0.762. The van der Waals surface area contributed by atoms with Gasteiger partial charge in [0.25, 0.3) is 0 Å². The van der Waals surface area contributed by atoms with Crippen LogP contribution in [0, 0.1) is 0 Å². The maximum atomic E-state index is 5.53. The van der Waals surface area contributed by atoms with Crippen LogP contribution >= 0.6 is 0 Å². The van der Waals surface area contributed by atoms with Gasteiger partial charge >= 0.3 is 0 Å². The second-order valence-corrected chi connectivity index (χ2v) is 3.57. The summed E-state index contributed by atoms with van der Waals surface area (Å²) >= 11 is 0.